The summed E-state index contributed by atoms with van der Waals surface area (Å²) in [6.45, 7) is 3.08. The lowest BCUT2D eigenvalue weighted by atomic mass is 10.2. The second-order valence-electron chi connectivity index (χ2n) is 3.41. The van der Waals surface area contributed by atoms with E-state index in [9.17, 15) is 13.9 Å². The number of rotatable bonds is 4. The van der Waals surface area contributed by atoms with E-state index in [2.05, 4.69) is 0 Å². The third kappa shape index (κ3) is 3.28. The van der Waals surface area contributed by atoms with Gasteiger partial charge in [0.1, 0.15) is 11.9 Å². The molecule has 1 aromatic rings. The first-order valence-electron chi connectivity index (χ1n) is 4.64. The smallest absolute Gasteiger partial charge is 0.223 e. The van der Waals surface area contributed by atoms with Crippen molar-refractivity contribution in [2.45, 2.75) is 31.1 Å². The van der Waals surface area contributed by atoms with Gasteiger partial charge in [-0.15, -0.1) is 0 Å². The van der Waals surface area contributed by atoms with E-state index in [4.69, 9.17) is 9.84 Å². The quantitative estimate of drug-likeness (QED) is 0.588. The van der Waals surface area contributed by atoms with Crippen LogP contribution >= 0.6 is 0 Å². The van der Waals surface area contributed by atoms with Gasteiger partial charge in [0.15, 0.2) is 0 Å². The molecule has 0 heterocycles. The topological polar surface area (TPSA) is 89.8 Å². The maximum Gasteiger partial charge on any atom is 0.223 e. The summed E-state index contributed by atoms with van der Waals surface area (Å²) in [5.74, 6) is 0.232. The van der Waals surface area contributed by atoms with Crippen molar-refractivity contribution in [1.29, 1.82) is 0 Å². The zero-order chi connectivity index (χ0) is 12.3. The van der Waals surface area contributed by atoms with Gasteiger partial charge in [-0.25, -0.2) is 0 Å². The fourth-order valence-electron chi connectivity index (χ4n) is 1.04. The number of aliphatic hydroxyl groups excluding tert-OH is 2. The number of aryl methyl sites for hydroxylation is 1. The van der Waals surface area contributed by atoms with Crippen LogP contribution < -0.4 is 4.74 Å². The van der Waals surface area contributed by atoms with Crippen LogP contribution in [0.4, 0.5) is 0 Å². The summed E-state index contributed by atoms with van der Waals surface area (Å²) in [7, 11) is 0. The lowest BCUT2D eigenvalue weighted by molar-refractivity contribution is -0.0962. The van der Waals surface area contributed by atoms with Crippen molar-refractivity contribution in [2.75, 3.05) is 0 Å². The number of benzene rings is 1. The van der Waals surface area contributed by atoms with E-state index in [1.807, 2.05) is 0 Å². The molecule has 3 unspecified atom stereocenters. The van der Waals surface area contributed by atoms with Gasteiger partial charge in [0.2, 0.25) is 6.29 Å². The minimum atomic E-state index is -2.35. The molecule has 0 radical (unpaired) electrons. The molecule has 0 fully saturated rings. The molecule has 0 amide bonds. The minimum absolute atomic E-state index is 0.0680. The Morgan fingerprint density at radius 2 is 2.06 bits per heavy atom. The Labute approximate surface area is 96.0 Å². The SMILES string of the molecule is Cc1ccc(S(=O)[O-])cc1OC(O)C(C)O. The maximum absolute atomic E-state index is 10.7. The van der Waals surface area contributed by atoms with Gasteiger partial charge in [0.25, 0.3) is 0 Å². The van der Waals surface area contributed by atoms with E-state index >= 15 is 0 Å². The van der Waals surface area contributed by atoms with E-state index in [0.29, 0.717) is 5.56 Å². The van der Waals surface area contributed by atoms with Crippen LogP contribution in [0.25, 0.3) is 0 Å². The normalized spacial score (nSPS) is 16.6. The number of aliphatic hydroxyl groups is 2. The summed E-state index contributed by atoms with van der Waals surface area (Å²) in [4.78, 5) is 0.0680. The van der Waals surface area contributed by atoms with Crippen LogP contribution in [-0.4, -0.2) is 31.4 Å². The van der Waals surface area contributed by atoms with Crippen molar-refractivity contribution >= 4 is 11.1 Å². The molecule has 0 saturated carbocycles. The molecule has 0 bridgehead atoms. The molecule has 1 rings (SSSR count). The molecule has 6 heteroatoms. The second kappa shape index (κ2) is 5.40. The van der Waals surface area contributed by atoms with E-state index in [0.717, 1.165) is 0 Å². The molecule has 1 aromatic carbocycles. The van der Waals surface area contributed by atoms with Gasteiger partial charge >= 0.3 is 0 Å². The summed E-state index contributed by atoms with van der Waals surface area (Å²) in [6.07, 6.45) is -2.44. The molecule has 0 aliphatic carbocycles. The van der Waals surface area contributed by atoms with Crippen LogP contribution in [0.2, 0.25) is 0 Å². The highest BCUT2D eigenvalue weighted by Gasteiger charge is 2.14. The van der Waals surface area contributed by atoms with Crippen LogP contribution in [0.5, 0.6) is 5.75 Å². The minimum Gasteiger partial charge on any atom is -0.768 e. The van der Waals surface area contributed by atoms with Crippen LogP contribution in [0.3, 0.4) is 0 Å². The van der Waals surface area contributed by atoms with Gasteiger partial charge in [-0.1, -0.05) is 6.07 Å². The maximum atomic E-state index is 10.7. The van der Waals surface area contributed by atoms with Crippen LogP contribution in [0.1, 0.15) is 12.5 Å². The highest BCUT2D eigenvalue weighted by Crippen LogP contribution is 2.22. The Balaban J connectivity index is 2.94. The molecule has 16 heavy (non-hydrogen) atoms. The van der Waals surface area contributed by atoms with Gasteiger partial charge in [-0.2, -0.15) is 0 Å². The fraction of sp³-hybridized carbons (Fsp3) is 0.400. The molecule has 0 aliphatic rings. The van der Waals surface area contributed by atoms with Crippen molar-refractivity contribution in [3.8, 4) is 5.75 Å². The van der Waals surface area contributed by atoms with Crippen LogP contribution in [-0.2, 0) is 11.1 Å². The number of ether oxygens (including phenoxy) is 1. The average Bonchev–Trinajstić information content (AvgIpc) is 2.20. The van der Waals surface area contributed by atoms with Crippen molar-refractivity contribution < 1.29 is 23.7 Å². The first-order valence-corrected chi connectivity index (χ1v) is 5.72. The van der Waals surface area contributed by atoms with Crippen molar-refractivity contribution in [1.82, 2.24) is 0 Å². The molecule has 5 nitrogen and oxygen atoms in total. The van der Waals surface area contributed by atoms with Gasteiger partial charge < -0.3 is 19.5 Å². The van der Waals surface area contributed by atoms with E-state index in [1.54, 1.807) is 13.0 Å². The summed E-state index contributed by atoms with van der Waals surface area (Å²) >= 11 is -2.35. The molecule has 0 aromatic heterocycles. The third-order valence-corrected chi connectivity index (χ3v) is 2.65. The van der Waals surface area contributed by atoms with Crippen molar-refractivity contribution in [2.24, 2.45) is 0 Å². The Bertz CT molecular complexity index is 391. The first kappa shape index (κ1) is 13.1. The summed E-state index contributed by atoms with van der Waals surface area (Å²) in [6, 6.07) is 4.29. The highest BCUT2D eigenvalue weighted by atomic mass is 32.2. The fourth-order valence-corrected chi connectivity index (χ4v) is 1.42. The van der Waals surface area contributed by atoms with Crippen LogP contribution in [0, 0.1) is 6.92 Å². The van der Waals surface area contributed by atoms with Gasteiger partial charge in [-0.05, 0) is 42.6 Å². The summed E-state index contributed by atoms with van der Waals surface area (Å²) in [5, 5.41) is 18.4. The monoisotopic (exact) mass is 245 g/mol. The summed E-state index contributed by atoms with van der Waals surface area (Å²) in [5.41, 5.74) is 0.675. The molecule has 3 atom stereocenters. The number of hydrogen-bond donors (Lipinski definition) is 2. The molecular formula is C10H13O5S-. The Morgan fingerprint density at radius 1 is 1.44 bits per heavy atom. The van der Waals surface area contributed by atoms with E-state index in [-0.39, 0.29) is 10.6 Å². The second-order valence-corrected chi connectivity index (χ2v) is 4.35. The average molecular weight is 245 g/mol. The van der Waals surface area contributed by atoms with Crippen LogP contribution in [0.15, 0.2) is 23.1 Å². The lowest BCUT2D eigenvalue weighted by Gasteiger charge is -2.18. The molecular weight excluding hydrogens is 232 g/mol. The summed E-state index contributed by atoms with van der Waals surface area (Å²) < 4.78 is 26.5. The predicted molar refractivity (Wildman–Crippen MR) is 56.7 cm³/mol. The Morgan fingerprint density at radius 3 is 2.56 bits per heavy atom. The van der Waals surface area contributed by atoms with E-state index < -0.39 is 23.5 Å². The molecule has 2 N–H and O–H groups in total. The Hall–Kier alpha value is -0.950. The zero-order valence-corrected chi connectivity index (χ0v) is 9.73. The third-order valence-electron chi connectivity index (χ3n) is 2.01. The standard InChI is InChI=1S/C10H14O5S/c1-6-3-4-8(16(13)14)5-9(6)15-10(12)7(2)11/h3-5,7,10-12H,1-2H3,(H,13,14)/p-1. The molecule has 0 aliphatic heterocycles. The molecule has 0 spiro atoms. The number of hydrogen-bond acceptors (Lipinski definition) is 5. The van der Waals surface area contributed by atoms with Crippen molar-refractivity contribution in [3.63, 3.8) is 0 Å². The molecule has 0 saturated heterocycles. The van der Waals surface area contributed by atoms with Gasteiger partial charge in [0.05, 0.1) is 0 Å². The van der Waals surface area contributed by atoms with Gasteiger partial charge in [0, 0.05) is 4.90 Å². The zero-order valence-electron chi connectivity index (χ0n) is 8.91. The predicted octanol–water partition coefficient (Wildman–Crippen LogP) is 0.311. The largest absolute Gasteiger partial charge is 0.768 e. The van der Waals surface area contributed by atoms with Gasteiger partial charge in [-0.3, -0.25) is 4.21 Å². The highest BCUT2D eigenvalue weighted by molar-refractivity contribution is 7.79. The first-order chi connectivity index (χ1) is 7.41. The Kier molecular flexibility index (Phi) is 4.43. The molecule has 90 valence electrons. The lowest BCUT2D eigenvalue weighted by Crippen LogP contribution is -2.28. The van der Waals surface area contributed by atoms with Crippen molar-refractivity contribution in [3.05, 3.63) is 23.8 Å². The van der Waals surface area contributed by atoms with E-state index in [1.165, 1.54) is 19.1 Å².